The molecule has 0 saturated carbocycles. The van der Waals surface area contributed by atoms with Gasteiger partial charge in [-0.15, -0.1) is 6.58 Å². The summed E-state index contributed by atoms with van der Waals surface area (Å²) in [6, 6.07) is 0. The molecule has 3 aliphatic heterocycles. The van der Waals surface area contributed by atoms with Gasteiger partial charge < -0.3 is 48.5 Å². The van der Waals surface area contributed by atoms with E-state index in [2.05, 4.69) is 6.58 Å². The van der Waals surface area contributed by atoms with Crippen LogP contribution in [0.3, 0.4) is 0 Å². The molecule has 0 aliphatic carbocycles. The molecule has 0 spiro atoms. The van der Waals surface area contributed by atoms with E-state index in [0.29, 0.717) is 6.61 Å². The van der Waals surface area contributed by atoms with Gasteiger partial charge in [-0.1, -0.05) is 6.08 Å². The summed E-state index contributed by atoms with van der Waals surface area (Å²) in [5.41, 5.74) is 0. The zero-order chi connectivity index (χ0) is 22.7. The van der Waals surface area contributed by atoms with Crippen molar-refractivity contribution in [1.29, 1.82) is 0 Å². The number of fused-ring (bicyclic) bond motifs is 1. The summed E-state index contributed by atoms with van der Waals surface area (Å²) in [6.45, 7) is 10.8. The Labute approximate surface area is 177 Å². The van der Waals surface area contributed by atoms with Gasteiger partial charge in [-0.25, -0.2) is 0 Å². The SMILES string of the molecule is C=C[C@H](O)[C@H](OC)[C@H]1OC(C)(C)O[C@H]1CO.CO[C@H]1C(O)OC[C@@H]2OC(C)(C)OC12. The van der Waals surface area contributed by atoms with Crippen molar-refractivity contribution in [3.05, 3.63) is 12.7 Å². The summed E-state index contributed by atoms with van der Waals surface area (Å²) in [7, 11) is 2.99. The molecule has 30 heavy (non-hydrogen) atoms. The molecule has 3 rings (SSSR count). The Kier molecular flexibility index (Phi) is 8.79. The lowest BCUT2D eigenvalue weighted by Crippen LogP contribution is -2.52. The van der Waals surface area contributed by atoms with Crippen molar-refractivity contribution in [3.63, 3.8) is 0 Å². The Morgan fingerprint density at radius 2 is 1.73 bits per heavy atom. The molecule has 0 bridgehead atoms. The van der Waals surface area contributed by atoms with Crippen LogP contribution in [-0.2, 0) is 33.2 Å². The topological polar surface area (TPSA) is 125 Å². The molecule has 3 saturated heterocycles. The van der Waals surface area contributed by atoms with Gasteiger partial charge in [0.15, 0.2) is 17.9 Å². The van der Waals surface area contributed by atoms with Crippen LogP contribution >= 0.6 is 0 Å². The number of rotatable bonds is 6. The van der Waals surface area contributed by atoms with E-state index in [1.54, 1.807) is 13.8 Å². The molecular formula is C20H36O10. The van der Waals surface area contributed by atoms with Gasteiger partial charge in [-0.3, -0.25) is 0 Å². The largest absolute Gasteiger partial charge is 0.394 e. The molecule has 10 heteroatoms. The molecule has 2 unspecified atom stereocenters. The standard InChI is InChI=1S/C11H20O5.C9H16O5/c1-5-7(13)9(14-4)10-8(6-12)15-11(2,3)16-10;1-9(2)13-5-4-12-8(10)7(11-3)6(5)14-9/h5,7-10,12-13H,1,6H2,2-4H3;5-8,10H,4H2,1-3H3/t7-,8-,9-,10-;5-,6?,7+,8?/m00/s1. The lowest BCUT2D eigenvalue weighted by atomic mass is 10.0. The quantitative estimate of drug-likeness (QED) is 0.487. The Bertz CT molecular complexity index is 554. The molecule has 0 amide bonds. The summed E-state index contributed by atoms with van der Waals surface area (Å²) in [5.74, 6) is -1.41. The van der Waals surface area contributed by atoms with E-state index < -0.39 is 48.4 Å². The first kappa shape index (κ1) is 25.6. The molecule has 0 radical (unpaired) electrons. The minimum atomic E-state index is -0.932. The first-order valence-corrected chi connectivity index (χ1v) is 9.96. The molecule has 8 atom stereocenters. The van der Waals surface area contributed by atoms with Crippen LogP contribution in [0.15, 0.2) is 12.7 Å². The van der Waals surface area contributed by atoms with Gasteiger partial charge in [0, 0.05) is 14.2 Å². The van der Waals surface area contributed by atoms with Crippen molar-refractivity contribution in [2.75, 3.05) is 27.4 Å². The van der Waals surface area contributed by atoms with Crippen molar-refractivity contribution >= 4 is 0 Å². The summed E-state index contributed by atoms with van der Waals surface area (Å²) in [6.07, 6.45) is -2.92. The minimum Gasteiger partial charge on any atom is -0.394 e. The fraction of sp³-hybridized carbons (Fsp3) is 0.900. The van der Waals surface area contributed by atoms with Gasteiger partial charge in [0.05, 0.1) is 13.2 Å². The van der Waals surface area contributed by atoms with Crippen molar-refractivity contribution < 1.29 is 48.5 Å². The maximum atomic E-state index is 9.70. The van der Waals surface area contributed by atoms with Crippen molar-refractivity contribution in [2.24, 2.45) is 0 Å². The molecule has 0 aromatic carbocycles. The van der Waals surface area contributed by atoms with Crippen LogP contribution in [0.5, 0.6) is 0 Å². The van der Waals surface area contributed by atoms with Crippen LogP contribution in [0, 0.1) is 0 Å². The minimum absolute atomic E-state index is 0.154. The summed E-state index contributed by atoms with van der Waals surface area (Å²) >= 11 is 0. The molecular weight excluding hydrogens is 400 g/mol. The predicted molar refractivity (Wildman–Crippen MR) is 104 cm³/mol. The Morgan fingerprint density at radius 3 is 2.27 bits per heavy atom. The van der Waals surface area contributed by atoms with E-state index in [1.807, 2.05) is 13.8 Å². The molecule has 3 N–H and O–H groups in total. The second-order valence-electron chi connectivity index (χ2n) is 8.31. The van der Waals surface area contributed by atoms with E-state index in [9.17, 15) is 15.3 Å². The first-order valence-electron chi connectivity index (χ1n) is 9.96. The lowest BCUT2D eigenvalue weighted by Gasteiger charge is -2.33. The van der Waals surface area contributed by atoms with E-state index >= 15 is 0 Å². The third-order valence-electron chi connectivity index (χ3n) is 5.11. The smallest absolute Gasteiger partial charge is 0.183 e. The van der Waals surface area contributed by atoms with Crippen LogP contribution in [0.4, 0.5) is 0 Å². The highest BCUT2D eigenvalue weighted by Gasteiger charge is 2.51. The van der Waals surface area contributed by atoms with Crippen LogP contribution < -0.4 is 0 Å². The van der Waals surface area contributed by atoms with Crippen molar-refractivity contribution in [2.45, 2.75) is 88.3 Å². The van der Waals surface area contributed by atoms with Crippen LogP contribution in [0.2, 0.25) is 0 Å². The highest BCUT2D eigenvalue weighted by molar-refractivity contribution is 4.96. The van der Waals surface area contributed by atoms with Gasteiger partial charge >= 0.3 is 0 Å². The number of methoxy groups -OCH3 is 2. The zero-order valence-electron chi connectivity index (χ0n) is 18.5. The van der Waals surface area contributed by atoms with Crippen molar-refractivity contribution in [1.82, 2.24) is 0 Å². The number of hydrogen-bond acceptors (Lipinski definition) is 10. The molecule has 3 heterocycles. The third kappa shape index (κ3) is 5.98. The fourth-order valence-corrected chi connectivity index (χ4v) is 3.86. The van der Waals surface area contributed by atoms with Crippen LogP contribution in [-0.4, -0.2) is 103 Å². The Balaban J connectivity index is 0.000000215. The summed E-state index contributed by atoms with van der Waals surface area (Å²) in [5, 5.41) is 28.4. The first-order chi connectivity index (χ1) is 14.0. The van der Waals surface area contributed by atoms with Crippen molar-refractivity contribution in [3.8, 4) is 0 Å². The third-order valence-corrected chi connectivity index (χ3v) is 5.11. The highest BCUT2D eigenvalue weighted by Crippen LogP contribution is 2.35. The summed E-state index contributed by atoms with van der Waals surface area (Å²) in [4.78, 5) is 0. The number of ether oxygens (including phenoxy) is 7. The number of hydrogen-bond donors (Lipinski definition) is 3. The Morgan fingerprint density at radius 1 is 1.10 bits per heavy atom. The van der Waals surface area contributed by atoms with Gasteiger partial charge in [0.25, 0.3) is 0 Å². The zero-order valence-corrected chi connectivity index (χ0v) is 18.5. The van der Waals surface area contributed by atoms with Crippen LogP contribution in [0.1, 0.15) is 27.7 Å². The predicted octanol–water partition coefficient (Wildman–Crippen LogP) is -0.0692. The average Bonchev–Trinajstić information content (AvgIpc) is 3.16. The number of aliphatic hydroxyl groups excluding tert-OH is 3. The normalized spacial score (nSPS) is 38.8. The highest BCUT2D eigenvalue weighted by atomic mass is 16.8. The van der Waals surface area contributed by atoms with Gasteiger partial charge in [-0.05, 0) is 27.7 Å². The molecule has 0 aromatic heterocycles. The van der Waals surface area contributed by atoms with E-state index in [4.69, 9.17) is 33.2 Å². The van der Waals surface area contributed by atoms with Gasteiger partial charge in [0.2, 0.25) is 0 Å². The fourth-order valence-electron chi connectivity index (χ4n) is 3.86. The molecule has 176 valence electrons. The average molecular weight is 436 g/mol. The lowest BCUT2D eigenvalue weighted by molar-refractivity contribution is -0.238. The molecule has 3 fully saturated rings. The van der Waals surface area contributed by atoms with E-state index in [0.717, 1.165) is 0 Å². The van der Waals surface area contributed by atoms with Crippen LogP contribution in [0.25, 0.3) is 0 Å². The molecule has 0 aromatic rings. The maximum absolute atomic E-state index is 9.70. The number of aliphatic hydroxyl groups is 3. The van der Waals surface area contributed by atoms with Gasteiger partial charge in [0.1, 0.15) is 42.7 Å². The molecule has 3 aliphatic rings. The van der Waals surface area contributed by atoms with Gasteiger partial charge in [-0.2, -0.15) is 0 Å². The second kappa shape index (κ2) is 10.3. The maximum Gasteiger partial charge on any atom is 0.183 e. The second-order valence-corrected chi connectivity index (χ2v) is 8.31. The Hall–Kier alpha value is -0.660. The van der Waals surface area contributed by atoms with E-state index in [1.165, 1.54) is 20.3 Å². The van der Waals surface area contributed by atoms with E-state index in [-0.39, 0.29) is 18.8 Å². The summed E-state index contributed by atoms with van der Waals surface area (Å²) < 4.78 is 37.8. The monoisotopic (exact) mass is 436 g/mol. The molecule has 10 nitrogen and oxygen atoms in total.